The van der Waals surface area contributed by atoms with Crippen LogP contribution in [-0.2, 0) is 5.41 Å². The predicted molar refractivity (Wildman–Crippen MR) is 49.6 cm³/mol. The zero-order chi connectivity index (χ0) is 9.73. The zero-order valence-corrected chi connectivity index (χ0v) is 7.49. The summed E-state index contributed by atoms with van der Waals surface area (Å²) in [5.74, 6) is 0. The van der Waals surface area contributed by atoms with Gasteiger partial charge in [-0.1, -0.05) is 30.3 Å². The minimum Gasteiger partial charge on any atom is -0.198 e. The summed E-state index contributed by atoms with van der Waals surface area (Å²) in [7, 11) is 0. The average molecular weight is 170 g/mol. The van der Waals surface area contributed by atoms with Gasteiger partial charge in [0.2, 0.25) is 0 Å². The molecule has 1 rings (SSSR count). The van der Waals surface area contributed by atoms with Gasteiger partial charge in [0.1, 0.15) is 0 Å². The van der Waals surface area contributed by atoms with E-state index in [1.54, 1.807) is 6.92 Å². The van der Waals surface area contributed by atoms with Crippen LogP contribution in [0.25, 0.3) is 0 Å². The highest BCUT2D eigenvalue weighted by molar-refractivity contribution is 5.32. The summed E-state index contributed by atoms with van der Waals surface area (Å²) in [5, 5.41) is 17.6. The smallest absolute Gasteiger partial charge is 0.0923 e. The SMILES string of the molecule is CC(C#N)(CC#N)c1ccccc1. The molecule has 64 valence electrons. The molecule has 13 heavy (non-hydrogen) atoms. The van der Waals surface area contributed by atoms with Gasteiger partial charge >= 0.3 is 0 Å². The molecule has 0 aliphatic rings. The van der Waals surface area contributed by atoms with E-state index in [4.69, 9.17) is 10.5 Å². The van der Waals surface area contributed by atoms with Gasteiger partial charge < -0.3 is 0 Å². The van der Waals surface area contributed by atoms with Gasteiger partial charge in [0.25, 0.3) is 0 Å². The lowest BCUT2D eigenvalue weighted by Crippen LogP contribution is -2.18. The van der Waals surface area contributed by atoms with Crippen molar-refractivity contribution in [2.24, 2.45) is 0 Å². The summed E-state index contributed by atoms with van der Waals surface area (Å²) in [4.78, 5) is 0. The molecule has 0 amide bonds. The molecule has 0 bridgehead atoms. The first-order valence-corrected chi connectivity index (χ1v) is 4.07. The molecule has 0 heterocycles. The number of rotatable bonds is 2. The molecular weight excluding hydrogens is 160 g/mol. The Hall–Kier alpha value is -1.80. The first-order valence-electron chi connectivity index (χ1n) is 4.07. The Morgan fingerprint density at radius 2 is 1.85 bits per heavy atom. The topological polar surface area (TPSA) is 47.6 Å². The van der Waals surface area contributed by atoms with E-state index in [9.17, 15) is 0 Å². The molecule has 0 saturated heterocycles. The standard InChI is InChI=1S/C11H10N2/c1-11(9-13,7-8-12)10-5-3-2-4-6-10/h2-6H,7H2,1H3. The molecule has 0 saturated carbocycles. The Labute approximate surface area is 78.0 Å². The fourth-order valence-corrected chi connectivity index (χ4v) is 1.17. The highest BCUT2D eigenvalue weighted by atomic mass is 14.4. The van der Waals surface area contributed by atoms with E-state index in [1.165, 1.54) is 0 Å². The Bertz CT molecular complexity index is 356. The monoisotopic (exact) mass is 170 g/mol. The molecule has 1 aromatic rings. The van der Waals surface area contributed by atoms with Gasteiger partial charge in [0.15, 0.2) is 0 Å². The van der Waals surface area contributed by atoms with Crippen molar-refractivity contribution in [1.29, 1.82) is 10.5 Å². The van der Waals surface area contributed by atoms with Crippen LogP contribution in [0, 0.1) is 22.7 Å². The van der Waals surface area contributed by atoms with E-state index in [1.807, 2.05) is 36.4 Å². The minimum atomic E-state index is -0.671. The maximum Gasteiger partial charge on any atom is 0.0923 e. The van der Waals surface area contributed by atoms with Gasteiger partial charge in [0.05, 0.1) is 24.0 Å². The number of benzene rings is 1. The summed E-state index contributed by atoms with van der Waals surface area (Å²) >= 11 is 0. The van der Waals surface area contributed by atoms with E-state index in [2.05, 4.69) is 6.07 Å². The second-order valence-corrected chi connectivity index (χ2v) is 3.14. The van der Waals surface area contributed by atoms with E-state index < -0.39 is 5.41 Å². The molecule has 1 unspecified atom stereocenters. The van der Waals surface area contributed by atoms with Gasteiger partial charge in [-0.05, 0) is 12.5 Å². The molecule has 2 nitrogen and oxygen atoms in total. The Morgan fingerprint density at radius 1 is 1.23 bits per heavy atom. The van der Waals surface area contributed by atoms with Gasteiger partial charge in [-0.15, -0.1) is 0 Å². The summed E-state index contributed by atoms with van der Waals surface area (Å²) in [6, 6.07) is 13.6. The van der Waals surface area contributed by atoms with Crippen molar-refractivity contribution in [3.8, 4) is 12.1 Å². The maximum absolute atomic E-state index is 8.97. The van der Waals surface area contributed by atoms with E-state index in [0.29, 0.717) is 0 Å². The fraction of sp³-hybridized carbons (Fsp3) is 0.273. The van der Waals surface area contributed by atoms with Crippen molar-refractivity contribution in [3.63, 3.8) is 0 Å². The minimum absolute atomic E-state index is 0.230. The van der Waals surface area contributed by atoms with Crippen LogP contribution in [0.15, 0.2) is 30.3 Å². The van der Waals surface area contributed by atoms with Gasteiger partial charge in [-0.3, -0.25) is 0 Å². The molecule has 1 aromatic carbocycles. The van der Waals surface area contributed by atoms with Crippen LogP contribution in [0.3, 0.4) is 0 Å². The lowest BCUT2D eigenvalue weighted by molar-refractivity contribution is 0.628. The van der Waals surface area contributed by atoms with Crippen LogP contribution in [0.2, 0.25) is 0 Å². The number of nitriles is 2. The van der Waals surface area contributed by atoms with Crippen molar-refractivity contribution in [2.75, 3.05) is 0 Å². The van der Waals surface area contributed by atoms with Gasteiger partial charge in [-0.25, -0.2) is 0 Å². The highest BCUT2D eigenvalue weighted by Crippen LogP contribution is 2.25. The molecule has 0 fully saturated rings. The molecule has 0 N–H and O–H groups in total. The van der Waals surface area contributed by atoms with Crippen molar-refractivity contribution in [1.82, 2.24) is 0 Å². The van der Waals surface area contributed by atoms with Crippen molar-refractivity contribution >= 4 is 0 Å². The Kier molecular flexibility index (Phi) is 2.67. The van der Waals surface area contributed by atoms with Crippen LogP contribution in [-0.4, -0.2) is 0 Å². The van der Waals surface area contributed by atoms with Crippen LogP contribution in [0.5, 0.6) is 0 Å². The number of hydrogen-bond donors (Lipinski definition) is 0. The predicted octanol–water partition coefficient (Wildman–Crippen LogP) is 2.38. The van der Waals surface area contributed by atoms with E-state index in [-0.39, 0.29) is 6.42 Å². The van der Waals surface area contributed by atoms with Crippen LogP contribution >= 0.6 is 0 Å². The molecule has 0 aliphatic heterocycles. The van der Waals surface area contributed by atoms with E-state index >= 15 is 0 Å². The van der Waals surface area contributed by atoms with Crippen LogP contribution in [0.1, 0.15) is 18.9 Å². The maximum atomic E-state index is 8.97. The normalized spacial score (nSPS) is 13.8. The lowest BCUT2D eigenvalue weighted by Gasteiger charge is -2.17. The second-order valence-electron chi connectivity index (χ2n) is 3.14. The lowest BCUT2D eigenvalue weighted by atomic mass is 9.81. The Balaban J connectivity index is 3.07. The molecule has 0 spiro atoms. The third kappa shape index (κ3) is 1.86. The van der Waals surface area contributed by atoms with Crippen molar-refractivity contribution in [3.05, 3.63) is 35.9 Å². The number of nitrogens with zero attached hydrogens (tertiary/aromatic N) is 2. The number of hydrogen-bond acceptors (Lipinski definition) is 2. The summed E-state index contributed by atoms with van der Waals surface area (Å²) in [5.41, 5.74) is 0.231. The molecule has 0 radical (unpaired) electrons. The largest absolute Gasteiger partial charge is 0.198 e. The molecule has 0 aliphatic carbocycles. The second kappa shape index (κ2) is 3.74. The van der Waals surface area contributed by atoms with Crippen molar-refractivity contribution < 1.29 is 0 Å². The first-order chi connectivity index (χ1) is 6.23. The molecule has 2 heteroatoms. The van der Waals surface area contributed by atoms with E-state index in [0.717, 1.165) is 5.56 Å². The molecule has 0 aromatic heterocycles. The average Bonchev–Trinajstić information content (AvgIpc) is 2.19. The summed E-state index contributed by atoms with van der Waals surface area (Å²) in [6.07, 6.45) is 0.230. The zero-order valence-electron chi connectivity index (χ0n) is 7.49. The third-order valence-corrected chi connectivity index (χ3v) is 2.09. The van der Waals surface area contributed by atoms with Crippen molar-refractivity contribution in [2.45, 2.75) is 18.8 Å². The van der Waals surface area contributed by atoms with Crippen LogP contribution < -0.4 is 0 Å². The molecular formula is C11H10N2. The third-order valence-electron chi connectivity index (χ3n) is 2.09. The summed E-state index contributed by atoms with van der Waals surface area (Å²) in [6.45, 7) is 1.78. The Morgan fingerprint density at radius 3 is 2.31 bits per heavy atom. The van der Waals surface area contributed by atoms with Crippen LogP contribution in [0.4, 0.5) is 0 Å². The quantitative estimate of drug-likeness (QED) is 0.684. The molecule has 1 atom stereocenters. The highest BCUT2D eigenvalue weighted by Gasteiger charge is 2.25. The van der Waals surface area contributed by atoms with Gasteiger partial charge in [-0.2, -0.15) is 10.5 Å². The fourth-order valence-electron chi connectivity index (χ4n) is 1.17. The first kappa shape index (κ1) is 9.29. The van der Waals surface area contributed by atoms with Gasteiger partial charge in [0, 0.05) is 0 Å². The summed E-state index contributed by atoms with van der Waals surface area (Å²) < 4.78 is 0.